The van der Waals surface area contributed by atoms with Crippen LogP contribution in [0.4, 0.5) is 39.5 Å². The number of ether oxygens (including phenoxy) is 2. The topological polar surface area (TPSA) is 65.0 Å². The summed E-state index contributed by atoms with van der Waals surface area (Å²) in [6.07, 6.45) is -20.4. The minimum Gasteiger partial charge on any atom is -0.441 e. The number of carbonyl (C=O) groups is 2. The Morgan fingerprint density at radius 2 is 1.58 bits per heavy atom. The zero-order valence-electron chi connectivity index (χ0n) is 11.1. The van der Waals surface area contributed by atoms with Gasteiger partial charge in [0, 0.05) is 5.57 Å². The molecule has 0 radical (unpaired) electrons. The van der Waals surface area contributed by atoms with Crippen molar-refractivity contribution < 1.29 is 58.6 Å². The summed E-state index contributed by atoms with van der Waals surface area (Å²) in [4.78, 5) is 24.2. The Kier molecular flexibility index (Phi) is 4.92. The molecule has 1 aliphatic rings. The van der Waals surface area contributed by atoms with Gasteiger partial charge >= 0.3 is 36.4 Å². The lowest BCUT2D eigenvalue weighted by Crippen LogP contribution is -2.39. The molecule has 0 aromatic heterocycles. The molecule has 1 rings (SSSR count). The fourth-order valence-corrected chi connectivity index (χ4v) is 1.38. The molecular formula is C10H4F9NO4. The van der Waals surface area contributed by atoms with E-state index in [0.29, 0.717) is 6.92 Å². The summed E-state index contributed by atoms with van der Waals surface area (Å²) in [5.74, 6) is -7.45. The molecule has 0 aliphatic carbocycles. The van der Waals surface area contributed by atoms with Gasteiger partial charge in [-0.1, -0.05) is 0 Å². The predicted molar refractivity (Wildman–Crippen MR) is 54.3 cm³/mol. The zero-order valence-corrected chi connectivity index (χ0v) is 11.1. The predicted octanol–water partition coefficient (Wildman–Crippen LogP) is 2.81. The van der Waals surface area contributed by atoms with Crippen molar-refractivity contribution in [3.63, 3.8) is 0 Å². The first-order valence-corrected chi connectivity index (χ1v) is 5.48. The van der Waals surface area contributed by atoms with Crippen molar-refractivity contribution in [1.29, 1.82) is 0 Å². The zero-order chi connectivity index (χ0) is 19.1. The van der Waals surface area contributed by atoms with Crippen LogP contribution in [-0.4, -0.2) is 42.5 Å². The molecular weight excluding hydrogens is 369 g/mol. The highest BCUT2D eigenvalue weighted by atomic mass is 19.4. The number of halogens is 9. The molecule has 136 valence electrons. The van der Waals surface area contributed by atoms with Gasteiger partial charge in [0.15, 0.2) is 5.70 Å². The number of esters is 2. The molecule has 0 spiro atoms. The molecule has 0 saturated carbocycles. The number of hydrogen-bond acceptors (Lipinski definition) is 5. The number of hydrogen-bond donors (Lipinski definition) is 0. The maximum absolute atomic E-state index is 12.7. The highest BCUT2D eigenvalue weighted by Gasteiger charge is 2.52. The number of aliphatic imine (C=N–C) groups is 1. The van der Waals surface area contributed by atoms with E-state index >= 15 is 0 Å². The van der Waals surface area contributed by atoms with Gasteiger partial charge in [-0.2, -0.15) is 39.5 Å². The molecule has 5 nitrogen and oxygen atoms in total. The SMILES string of the molecule is C/C(=C1/N=C(C(F)(F)F)OC1=O)[C@H](OC(=O)C(F)(F)F)C(F)(F)F. The van der Waals surface area contributed by atoms with Gasteiger partial charge in [-0.3, -0.25) is 0 Å². The van der Waals surface area contributed by atoms with Gasteiger partial charge in [0.25, 0.3) is 0 Å². The van der Waals surface area contributed by atoms with E-state index in [-0.39, 0.29) is 0 Å². The standard InChI is InChI=1S/C10H4F9NO4/c1-2(3-5(21)24-6(20-3)9(14,15)16)4(8(11,12)13)23-7(22)10(17,18)19/h4H,1H3/b3-2-/t4-/m0/s1. The Balaban J connectivity index is 3.31. The number of carbonyl (C=O) groups excluding carboxylic acids is 2. The van der Waals surface area contributed by atoms with Gasteiger partial charge < -0.3 is 9.47 Å². The normalized spacial score (nSPS) is 19.6. The van der Waals surface area contributed by atoms with E-state index in [2.05, 4.69) is 14.5 Å². The first-order valence-electron chi connectivity index (χ1n) is 5.48. The molecule has 0 aromatic rings. The largest absolute Gasteiger partial charge is 0.490 e. The van der Waals surface area contributed by atoms with Gasteiger partial charge in [-0.25, -0.2) is 14.6 Å². The van der Waals surface area contributed by atoms with Crippen LogP contribution in [0, 0.1) is 0 Å². The smallest absolute Gasteiger partial charge is 0.441 e. The number of rotatable bonds is 2. The van der Waals surface area contributed by atoms with Crippen LogP contribution >= 0.6 is 0 Å². The summed E-state index contributed by atoms with van der Waals surface area (Å²) < 4.78 is 118. The third kappa shape index (κ3) is 4.38. The summed E-state index contributed by atoms with van der Waals surface area (Å²) in [6.45, 7) is 0.321. The maximum atomic E-state index is 12.7. The fraction of sp³-hybridized carbons (Fsp3) is 0.500. The first-order chi connectivity index (χ1) is 10.5. The van der Waals surface area contributed by atoms with Crippen LogP contribution in [0.15, 0.2) is 16.3 Å². The van der Waals surface area contributed by atoms with Gasteiger partial charge in [0.05, 0.1) is 0 Å². The lowest BCUT2D eigenvalue weighted by Gasteiger charge is -2.22. The Morgan fingerprint density at radius 1 is 1.08 bits per heavy atom. The lowest BCUT2D eigenvalue weighted by atomic mass is 10.1. The van der Waals surface area contributed by atoms with E-state index in [9.17, 15) is 49.1 Å². The molecule has 1 aliphatic heterocycles. The van der Waals surface area contributed by atoms with Crippen molar-refractivity contribution in [3.8, 4) is 0 Å². The molecule has 0 unspecified atom stereocenters. The average molecular weight is 373 g/mol. The quantitative estimate of drug-likeness (QED) is 0.424. The number of nitrogens with zero attached hydrogens (tertiary/aromatic N) is 1. The third-order valence-electron chi connectivity index (χ3n) is 2.36. The van der Waals surface area contributed by atoms with Gasteiger partial charge in [0.2, 0.25) is 6.10 Å². The second kappa shape index (κ2) is 5.98. The van der Waals surface area contributed by atoms with Crippen LogP contribution in [-0.2, 0) is 19.1 Å². The van der Waals surface area contributed by atoms with Gasteiger partial charge in [-0.15, -0.1) is 0 Å². The molecule has 0 amide bonds. The van der Waals surface area contributed by atoms with Gasteiger partial charge in [0.1, 0.15) is 0 Å². The van der Waals surface area contributed by atoms with Crippen LogP contribution in [0.2, 0.25) is 0 Å². The summed E-state index contributed by atoms with van der Waals surface area (Å²) in [7, 11) is 0. The van der Waals surface area contributed by atoms with E-state index in [4.69, 9.17) is 0 Å². The Labute approximate surface area is 125 Å². The van der Waals surface area contributed by atoms with Crippen molar-refractivity contribution in [1.82, 2.24) is 0 Å². The van der Waals surface area contributed by atoms with Crippen molar-refractivity contribution in [3.05, 3.63) is 11.3 Å². The van der Waals surface area contributed by atoms with Crippen LogP contribution in [0.5, 0.6) is 0 Å². The minimum atomic E-state index is -5.80. The monoisotopic (exact) mass is 373 g/mol. The summed E-state index contributed by atoms with van der Waals surface area (Å²) in [5, 5.41) is 0. The second-order valence-corrected chi connectivity index (χ2v) is 4.16. The molecule has 0 aromatic carbocycles. The van der Waals surface area contributed by atoms with Crippen molar-refractivity contribution in [2.45, 2.75) is 31.6 Å². The summed E-state index contributed by atoms with van der Waals surface area (Å²) in [5.41, 5.74) is -3.08. The van der Waals surface area contributed by atoms with E-state index in [1.54, 1.807) is 0 Å². The highest BCUT2D eigenvalue weighted by molar-refractivity contribution is 6.06. The van der Waals surface area contributed by atoms with Crippen molar-refractivity contribution >= 4 is 17.8 Å². The van der Waals surface area contributed by atoms with E-state index in [0.717, 1.165) is 0 Å². The molecule has 0 fully saturated rings. The Hall–Kier alpha value is -2.28. The van der Waals surface area contributed by atoms with E-state index in [1.165, 1.54) is 0 Å². The minimum absolute atomic E-state index is 0.321. The molecule has 0 N–H and O–H groups in total. The number of alkyl halides is 9. The molecule has 1 atom stereocenters. The summed E-state index contributed by atoms with van der Waals surface area (Å²) >= 11 is 0. The molecule has 24 heavy (non-hydrogen) atoms. The molecule has 0 saturated heterocycles. The van der Waals surface area contributed by atoms with Crippen LogP contribution in [0.3, 0.4) is 0 Å². The van der Waals surface area contributed by atoms with Gasteiger partial charge in [-0.05, 0) is 6.92 Å². The van der Waals surface area contributed by atoms with Crippen LogP contribution in [0.1, 0.15) is 6.92 Å². The van der Waals surface area contributed by atoms with Crippen molar-refractivity contribution in [2.75, 3.05) is 0 Å². The van der Waals surface area contributed by atoms with Crippen LogP contribution in [0.25, 0.3) is 0 Å². The average Bonchev–Trinajstić information content (AvgIpc) is 2.74. The Bertz CT molecular complexity index is 611. The Morgan fingerprint density at radius 3 is 1.92 bits per heavy atom. The first kappa shape index (κ1) is 19.8. The highest BCUT2D eigenvalue weighted by Crippen LogP contribution is 2.34. The summed E-state index contributed by atoms with van der Waals surface area (Å²) in [6, 6.07) is 0. The van der Waals surface area contributed by atoms with E-state index < -0.39 is 53.7 Å². The molecule has 1 heterocycles. The van der Waals surface area contributed by atoms with Crippen LogP contribution < -0.4 is 0 Å². The lowest BCUT2D eigenvalue weighted by molar-refractivity contribution is -0.237. The fourth-order valence-electron chi connectivity index (χ4n) is 1.38. The maximum Gasteiger partial charge on any atom is 0.490 e. The molecule has 0 bridgehead atoms. The van der Waals surface area contributed by atoms with Crippen molar-refractivity contribution in [2.24, 2.45) is 4.99 Å². The molecule has 14 heteroatoms. The van der Waals surface area contributed by atoms with E-state index in [1.807, 2.05) is 0 Å². The second-order valence-electron chi connectivity index (χ2n) is 4.16. The number of cyclic esters (lactones) is 1. The third-order valence-corrected chi connectivity index (χ3v) is 2.36.